The first-order chi connectivity index (χ1) is 12.5. The van der Waals surface area contributed by atoms with Gasteiger partial charge in [0, 0.05) is 30.9 Å². The first kappa shape index (κ1) is 21.8. The van der Waals surface area contributed by atoms with E-state index in [0.29, 0.717) is 12.8 Å². The minimum Gasteiger partial charge on any atom is -0.354 e. The van der Waals surface area contributed by atoms with Crippen LogP contribution in [0.2, 0.25) is 5.02 Å². The monoisotopic (exact) mass is 399 g/mol. The fraction of sp³-hybridized carbons (Fsp3) is 0.619. The Morgan fingerprint density at radius 2 is 1.93 bits per heavy atom. The van der Waals surface area contributed by atoms with E-state index in [-0.39, 0.29) is 40.7 Å². The Hall–Kier alpha value is -1.49. The molecule has 0 aromatic heterocycles. The van der Waals surface area contributed by atoms with E-state index in [9.17, 15) is 18.4 Å². The molecule has 0 spiro atoms. The number of benzene rings is 1. The van der Waals surface area contributed by atoms with Gasteiger partial charge >= 0.3 is 0 Å². The van der Waals surface area contributed by atoms with Crippen molar-refractivity contribution in [1.82, 2.24) is 5.32 Å². The third kappa shape index (κ3) is 5.50. The fourth-order valence-corrected chi connectivity index (χ4v) is 4.22. The average molecular weight is 400 g/mol. The molecule has 1 aromatic carbocycles. The molecule has 3 nitrogen and oxygen atoms in total. The number of carbonyl (C=O) groups is 2. The van der Waals surface area contributed by atoms with Crippen molar-refractivity contribution in [3.63, 3.8) is 0 Å². The molecule has 0 aliphatic heterocycles. The molecule has 0 saturated heterocycles. The number of ketones is 1. The lowest BCUT2D eigenvalue weighted by molar-refractivity contribution is -0.123. The molecule has 0 unspecified atom stereocenters. The van der Waals surface area contributed by atoms with Crippen LogP contribution in [0.3, 0.4) is 0 Å². The molecule has 0 bridgehead atoms. The van der Waals surface area contributed by atoms with Crippen LogP contribution in [0.4, 0.5) is 8.78 Å². The van der Waals surface area contributed by atoms with Crippen LogP contribution in [0.1, 0.15) is 71.3 Å². The molecule has 1 fully saturated rings. The highest BCUT2D eigenvalue weighted by molar-refractivity contribution is 6.30. The van der Waals surface area contributed by atoms with Gasteiger partial charge in [-0.1, -0.05) is 32.4 Å². The van der Waals surface area contributed by atoms with E-state index in [1.165, 1.54) is 19.1 Å². The smallest absolute Gasteiger partial charge is 0.217 e. The number of amides is 1. The van der Waals surface area contributed by atoms with Crippen LogP contribution in [0.25, 0.3) is 0 Å². The highest BCUT2D eigenvalue weighted by Crippen LogP contribution is 2.42. The summed E-state index contributed by atoms with van der Waals surface area (Å²) in [6.07, 6.45) is 2.78. The molecule has 3 atom stereocenters. The summed E-state index contributed by atoms with van der Waals surface area (Å²) in [6, 6.07) is 2.43. The molecular formula is C21H28ClF2NO2. The first-order valence-electron chi connectivity index (χ1n) is 9.44. The highest BCUT2D eigenvalue weighted by Gasteiger charge is 2.34. The molecule has 1 saturated carbocycles. The van der Waals surface area contributed by atoms with E-state index in [0.717, 1.165) is 12.8 Å². The lowest BCUT2D eigenvalue weighted by Gasteiger charge is -2.32. The minimum atomic E-state index is -0.740. The van der Waals surface area contributed by atoms with Crippen LogP contribution < -0.4 is 5.32 Å². The van der Waals surface area contributed by atoms with Crippen molar-refractivity contribution < 1.29 is 18.4 Å². The fourth-order valence-electron chi connectivity index (χ4n) is 4.06. The van der Waals surface area contributed by atoms with Crippen molar-refractivity contribution in [3.05, 3.63) is 34.4 Å². The van der Waals surface area contributed by atoms with Gasteiger partial charge in [0.15, 0.2) is 0 Å². The number of rotatable bonds is 6. The Morgan fingerprint density at radius 3 is 2.52 bits per heavy atom. The second-order valence-corrected chi connectivity index (χ2v) is 9.00. The Labute approximate surface area is 164 Å². The van der Waals surface area contributed by atoms with Gasteiger partial charge in [0.1, 0.15) is 17.4 Å². The molecule has 150 valence electrons. The second-order valence-electron chi connectivity index (χ2n) is 8.59. The number of nitrogens with one attached hydrogen (secondary N) is 1. The molecular weight excluding hydrogens is 372 g/mol. The van der Waals surface area contributed by atoms with Crippen molar-refractivity contribution >= 4 is 23.3 Å². The molecule has 0 heterocycles. The third-order valence-electron chi connectivity index (χ3n) is 5.45. The van der Waals surface area contributed by atoms with Gasteiger partial charge in [-0.15, -0.1) is 0 Å². The number of Topliss-reactive ketones (excluding diaryl/α,β-unsaturated/α-hetero) is 1. The third-order valence-corrected chi connectivity index (χ3v) is 5.74. The highest BCUT2D eigenvalue weighted by atomic mass is 35.5. The van der Waals surface area contributed by atoms with Gasteiger partial charge in [-0.25, -0.2) is 8.78 Å². The summed E-state index contributed by atoms with van der Waals surface area (Å²) in [5, 5.41) is 2.75. The summed E-state index contributed by atoms with van der Waals surface area (Å²) in [5.74, 6) is -1.93. The minimum absolute atomic E-state index is 0.0367. The summed E-state index contributed by atoms with van der Waals surface area (Å²) in [6.45, 7) is 7.19. The summed E-state index contributed by atoms with van der Waals surface area (Å²) in [7, 11) is 0. The SMILES string of the molecule is CC(=O)N[C@@H]1CC[C@@H](C(=O)CC[C@H](c2c(F)ccc(Cl)c2F)C(C)(C)C)C1. The van der Waals surface area contributed by atoms with Crippen LogP contribution in [-0.2, 0) is 9.59 Å². The van der Waals surface area contributed by atoms with Gasteiger partial charge in [-0.05, 0) is 49.1 Å². The molecule has 0 radical (unpaired) electrons. The molecule has 1 amide bonds. The van der Waals surface area contributed by atoms with Crippen LogP contribution in [-0.4, -0.2) is 17.7 Å². The van der Waals surface area contributed by atoms with Crippen molar-refractivity contribution in [3.8, 4) is 0 Å². The molecule has 1 aliphatic carbocycles. The zero-order valence-corrected chi connectivity index (χ0v) is 17.1. The summed E-state index contributed by atoms with van der Waals surface area (Å²) in [5.41, 5.74) is -0.466. The summed E-state index contributed by atoms with van der Waals surface area (Å²) >= 11 is 5.86. The lowest BCUT2D eigenvalue weighted by atomic mass is 9.73. The van der Waals surface area contributed by atoms with Gasteiger partial charge in [-0.3, -0.25) is 9.59 Å². The Morgan fingerprint density at radius 1 is 1.26 bits per heavy atom. The number of halogens is 3. The van der Waals surface area contributed by atoms with Crippen molar-refractivity contribution in [1.29, 1.82) is 0 Å². The number of hydrogen-bond donors (Lipinski definition) is 1. The predicted molar refractivity (Wildman–Crippen MR) is 103 cm³/mol. The number of hydrogen-bond acceptors (Lipinski definition) is 2. The molecule has 2 rings (SSSR count). The standard InChI is InChI=1S/C21H28ClF2NO2/c1-12(26)25-14-6-5-13(11-14)18(27)10-7-15(21(2,3)4)19-17(23)9-8-16(22)20(19)24/h8-9,13-15H,5-7,10-11H2,1-4H3,(H,25,26)/t13-,14-,15-/m1/s1. The normalized spacial score (nSPS) is 21.1. The Balaban J connectivity index is 2.10. The molecule has 1 aromatic rings. The summed E-state index contributed by atoms with van der Waals surface area (Å²) in [4.78, 5) is 23.8. The zero-order chi connectivity index (χ0) is 20.4. The quantitative estimate of drug-likeness (QED) is 0.651. The molecule has 1 N–H and O–H groups in total. The maximum absolute atomic E-state index is 14.5. The van der Waals surface area contributed by atoms with Crippen molar-refractivity contribution in [2.75, 3.05) is 0 Å². The van der Waals surface area contributed by atoms with Gasteiger partial charge in [0.2, 0.25) is 5.91 Å². The number of carbonyl (C=O) groups excluding carboxylic acids is 2. The largest absolute Gasteiger partial charge is 0.354 e. The zero-order valence-electron chi connectivity index (χ0n) is 16.4. The first-order valence-corrected chi connectivity index (χ1v) is 9.81. The van der Waals surface area contributed by atoms with Crippen LogP contribution in [0.15, 0.2) is 12.1 Å². The van der Waals surface area contributed by atoms with Gasteiger partial charge in [0.05, 0.1) is 5.02 Å². The van der Waals surface area contributed by atoms with Gasteiger partial charge < -0.3 is 5.32 Å². The van der Waals surface area contributed by atoms with E-state index in [4.69, 9.17) is 11.6 Å². The van der Waals surface area contributed by atoms with E-state index in [1.54, 1.807) is 0 Å². The second kappa shape index (κ2) is 8.68. The van der Waals surface area contributed by atoms with Gasteiger partial charge in [0.25, 0.3) is 0 Å². The maximum Gasteiger partial charge on any atom is 0.217 e. The summed E-state index contributed by atoms with van der Waals surface area (Å²) < 4.78 is 28.9. The Kier molecular flexibility index (Phi) is 7.01. The van der Waals surface area contributed by atoms with Crippen molar-refractivity contribution in [2.45, 2.75) is 71.8 Å². The van der Waals surface area contributed by atoms with Crippen LogP contribution >= 0.6 is 11.6 Å². The van der Waals surface area contributed by atoms with Crippen LogP contribution in [0, 0.1) is 23.0 Å². The molecule has 6 heteroatoms. The Bertz CT molecular complexity index is 715. The molecule has 27 heavy (non-hydrogen) atoms. The van der Waals surface area contributed by atoms with E-state index in [2.05, 4.69) is 5.32 Å². The molecule has 1 aliphatic rings. The van der Waals surface area contributed by atoms with Crippen LogP contribution in [0.5, 0.6) is 0 Å². The van der Waals surface area contributed by atoms with E-state index < -0.39 is 23.0 Å². The van der Waals surface area contributed by atoms with E-state index >= 15 is 0 Å². The topological polar surface area (TPSA) is 46.2 Å². The van der Waals surface area contributed by atoms with E-state index in [1.807, 2.05) is 20.8 Å². The van der Waals surface area contributed by atoms with Crippen molar-refractivity contribution in [2.24, 2.45) is 11.3 Å². The predicted octanol–water partition coefficient (Wildman–Crippen LogP) is 5.40. The lowest BCUT2D eigenvalue weighted by Crippen LogP contribution is -2.31. The maximum atomic E-state index is 14.5. The average Bonchev–Trinajstić information content (AvgIpc) is 3.00. The van der Waals surface area contributed by atoms with Gasteiger partial charge in [-0.2, -0.15) is 0 Å².